The van der Waals surface area contributed by atoms with Gasteiger partial charge in [0.1, 0.15) is 17.0 Å². The number of halogens is 2. The number of aromatic amines is 1. The van der Waals surface area contributed by atoms with E-state index in [1.807, 2.05) is 55.5 Å². The molecule has 3 aromatic heterocycles. The molecule has 0 bridgehead atoms. The van der Waals surface area contributed by atoms with Gasteiger partial charge in [-0.15, -0.1) is 0 Å². The quantitative estimate of drug-likeness (QED) is 0.175. The minimum Gasteiger partial charge on any atom is -0.364 e. The fourth-order valence-corrected chi connectivity index (χ4v) is 5.48. The molecule has 5 aromatic rings. The first-order valence-electron chi connectivity index (χ1n) is 14.6. The summed E-state index contributed by atoms with van der Waals surface area (Å²) in [5.41, 5.74) is 10.7. The molecular weight excluding hydrogens is 704 g/mol. The van der Waals surface area contributed by atoms with Crippen LogP contribution in [0.2, 0.25) is 0 Å². The Balaban J connectivity index is 0.000000205. The molecule has 0 spiro atoms. The Bertz CT molecular complexity index is 1860. The minimum atomic E-state index is -0.610. The van der Waals surface area contributed by atoms with Crippen LogP contribution < -0.4 is 16.6 Å². The molecule has 0 unspecified atom stereocenters. The smallest absolute Gasteiger partial charge is 0.277 e. The number of aryl methyl sites for hydroxylation is 4. The summed E-state index contributed by atoms with van der Waals surface area (Å²) in [4.78, 5) is 43.8. The molecule has 0 aliphatic heterocycles. The Hall–Kier alpha value is -4.10. The highest BCUT2D eigenvalue weighted by Crippen LogP contribution is 2.22. The third-order valence-electron chi connectivity index (χ3n) is 6.97. The van der Waals surface area contributed by atoms with Gasteiger partial charge in [-0.1, -0.05) is 82.8 Å². The molecule has 0 fully saturated rings. The lowest BCUT2D eigenvalue weighted by molar-refractivity contribution is -0.115. The Morgan fingerprint density at radius 2 is 1.42 bits per heavy atom. The number of primary amides is 1. The Morgan fingerprint density at radius 1 is 0.867 bits per heavy atom. The number of aromatic nitrogens is 6. The second-order valence-electron chi connectivity index (χ2n) is 10.6. The number of nitrogens with zero attached hydrogens (tertiary/aromatic N) is 5. The molecule has 0 radical (unpaired) electrons. The number of nitrogens with one attached hydrogen (secondary N) is 2. The van der Waals surface area contributed by atoms with E-state index in [1.165, 1.54) is 4.68 Å². The summed E-state index contributed by atoms with van der Waals surface area (Å²) in [6, 6.07) is 15.5. The van der Waals surface area contributed by atoms with E-state index < -0.39 is 5.91 Å². The summed E-state index contributed by atoms with van der Waals surface area (Å²) < 4.78 is 5.03. The maximum Gasteiger partial charge on any atom is 0.277 e. The maximum absolute atomic E-state index is 12.3. The van der Waals surface area contributed by atoms with Crippen LogP contribution in [-0.2, 0) is 44.6 Å². The van der Waals surface area contributed by atoms with Crippen LogP contribution in [-0.4, -0.2) is 41.3 Å². The van der Waals surface area contributed by atoms with Crippen molar-refractivity contribution in [2.24, 2.45) is 19.8 Å². The van der Waals surface area contributed by atoms with Crippen molar-refractivity contribution in [1.29, 1.82) is 0 Å². The molecule has 236 valence electrons. The van der Waals surface area contributed by atoms with Crippen molar-refractivity contribution in [3.63, 3.8) is 0 Å². The minimum absolute atomic E-state index is 0.130. The van der Waals surface area contributed by atoms with Gasteiger partial charge in [0, 0.05) is 29.5 Å². The standard InChI is InChI=1S/C16H19BrN4O2.C16H17BrN4O/c1-3-4-12-14(15(16(18)23)21(2)20-12)19-13(22)9-10-5-7-11(17)8-6-10;1-3-4-12-14-15(21(2)20-12)16(22)19-13(18-14)9-10-5-7-11(17)8-6-10/h5-8H,3-4,9H2,1-2H3,(H2,18,23)(H,19,22);5-8H,3-4,9H2,1-2H3,(H,18,19,22). The molecule has 0 aliphatic carbocycles. The number of amides is 2. The predicted octanol–water partition coefficient (Wildman–Crippen LogP) is 5.38. The van der Waals surface area contributed by atoms with Crippen LogP contribution in [0.25, 0.3) is 11.0 Å². The maximum atomic E-state index is 12.3. The van der Waals surface area contributed by atoms with Gasteiger partial charge in [-0.25, -0.2) is 4.98 Å². The van der Waals surface area contributed by atoms with Gasteiger partial charge in [0.15, 0.2) is 5.52 Å². The number of carbonyl (C=O) groups is 2. The van der Waals surface area contributed by atoms with Gasteiger partial charge in [0.25, 0.3) is 11.5 Å². The molecule has 0 saturated heterocycles. The molecule has 5 rings (SSSR count). The highest BCUT2D eigenvalue weighted by molar-refractivity contribution is 9.10. The van der Waals surface area contributed by atoms with Crippen molar-refractivity contribution in [2.75, 3.05) is 5.32 Å². The second-order valence-corrected chi connectivity index (χ2v) is 12.4. The van der Waals surface area contributed by atoms with E-state index in [4.69, 9.17) is 5.73 Å². The summed E-state index contributed by atoms with van der Waals surface area (Å²) >= 11 is 6.78. The van der Waals surface area contributed by atoms with Crippen molar-refractivity contribution in [3.8, 4) is 0 Å². The molecule has 2 aromatic carbocycles. The predicted molar refractivity (Wildman–Crippen MR) is 182 cm³/mol. The third kappa shape index (κ3) is 8.54. The van der Waals surface area contributed by atoms with E-state index in [9.17, 15) is 14.4 Å². The monoisotopic (exact) mass is 738 g/mol. The second kappa shape index (κ2) is 15.3. The fourth-order valence-electron chi connectivity index (χ4n) is 4.95. The van der Waals surface area contributed by atoms with Crippen molar-refractivity contribution >= 4 is 60.4 Å². The number of carbonyl (C=O) groups excluding carboxylic acids is 2. The van der Waals surface area contributed by atoms with Gasteiger partial charge in [0.05, 0.1) is 23.5 Å². The van der Waals surface area contributed by atoms with Gasteiger partial charge in [0.2, 0.25) is 5.91 Å². The van der Waals surface area contributed by atoms with Gasteiger partial charge in [-0.2, -0.15) is 10.2 Å². The van der Waals surface area contributed by atoms with Crippen LogP contribution in [0.15, 0.2) is 62.3 Å². The largest absolute Gasteiger partial charge is 0.364 e. The van der Waals surface area contributed by atoms with Gasteiger partial charge < -0.3 is 16.0 Å². The van der Waals surface area contributed by atoms with Crippen LogP contribution in [0.3, 0.4) is 0 Å². The molecule has 0 saturated carbocycles. The van der Waals surface area contributed by atoms with Gasteiger partial charge in [-0.3, -0.25) is 23.7 Å². The normalized spacial score (nSPS) is 10.9. The first-order valence-corrected chi connectivity index (χ1v) is 16.2. The summed E-state index contributed by atoms with van der Waals surface area (Å²) in [5.74, 6) is -0.147. The zero-order valence-corrected chi connectivity index (χ0v) is 28.8. The number of rotatable bonds is 10. The summed E-state index contributed by atoms with van der Waals surface area (Å²) in [6.07, 6.45) is 4.12. The van der Waals surface area contributed by atoms with E-state index in [1.54, 1.807) is 18.8 Å². The van der Waals surface area contributed by atoms with E-state index >= 15 is 0 Å². The molecule has 11 nitrogen and oxygen atoms in total. The summed E-state index contributed by atoms with van der Waals surface area (Å²) in [5, 5.41) is 11.5. The summed E-state index contributed by atoms with van der Waals surface area (Å²) in [7, 11) is 3.43. The first-order chi connectivity index (χ1) is 21.5. The van der Waals surface area contributed by atoms with Crippen molar-refractivity contribution < 1.29 is 9.59 Å². The fraction of sp³-hybridized carbons (Fsp3) is 0.312. The lowest BCUT2D eigenvalue weighted by atomic mass is 10.1. The topological polar surface area (TPSA) is 154 Å². The zero-order valence-electron chi connectivity index (χ0n) is 25.7. The SMILES string of the molecule is CCCc1nn(C)c(C(N)=O)c1NC(=O)Cc1ccc(Br)cc1.CCCc1nn(C)c2c(=O)[nH]c(Cc3ccc(Br)cc3)nc12. The van der Waals surface area contributed by atoms with E-state index in [2.05, 4.69) is 64.3 Å². The number of benzene rings is 2. The lowest BCUT2D eigenvalue weighted by Gasteiger charge is -2.07. The third-order valence-corrected chi connectivity index (χ3v) is 8.02. The van der Waals surface area contributed by atoms with Crippen LogP contribution in [0, 0.1) is 0 Å². The van der Waals surface area contributed by atoms with Crippen LogP contribution in [0.5, 0.6) is 0 Å². The number of nitrogens with two attached hydrogens (primary N) is 1. The van der Waals surface area contributed by atoms with Gasteiger partial charge >= 0.3 is 0 Å². The zero-order chi connectivity index (χ0) is 32.7. The van der Waals surface area contributed by atoms with Gasteiger partial charge in [-0.05, 0) is 48.2 Å². The number of H-pyrrole nitrogens is 1. The molecule has 0 aliphatic rings. The number of hydrogen-bond acceptors (Lipinski definition) is 6. The molecule has 4 N–H and O–H groups in total. The van der Waals surface area contributed by atoms with Crippen LogP contribution >= 0.6 is 31.9 Å². The molecule has 13 heteroatoms. The van der Waals surface area contributed by atoms with Crippen LogP contribution in [0.4, 0.5) is 5.69 Å². The highest BCUT2D eigenvalue weighted by atomic mass is 79.9. The van der Waals surface area contributed by atoms with Crippen molar-refractivity contribution in [2.45, 2.75) is 52.4 Å². The Morgan fingerprint density at radius 3 is 2.00 bits per heavy atom. The van der Waals surface area contributed by atoms with E-state index in [-0.39, 0.29) is 23.6 Å². The Labute approximate surface area is 277 Å². The molecule has 45 heavy (non-hydrogen) atoms. The molecular formula is C32H36Br2N8O3. The number of hydrogen-bond donors (Lipinski definition) is 3. The van der Waals surface area contributed by atoms with E-state index in [0.717, 1.165) is 50.5 Å². The lowest BCUT2D eigenvalue weighted by Crippen LogP contribution is -2.21. The van der Waals surface area contributed by atoms with Crippen LogP contribution in [0.1, 0.15) is 65.5 Å². The molecule has 3 heterocycles. The Kier molecular flexibility index (Phi) is 11.5. The average molecular weight is 741 g/mol. The average Bonchev–Trinajstić information content (AvgIpc) is 3.47. The highest BCUT2D eigenvalue weighted by Gasteiger charge is 2.21. The number of anilines is 1. The summed E-state index contributed by atoms with van der Waals surface area (Å²) in [6.45, 7) is 4.10. The number of fused-ring (bicyclic) bond motifs is 1. The molecule has 2 amide bonds. The molecule has 0 atom stereocenters. The first kappa shape index (κ1) is 33.8. The van der Waals surface area contributed by atoms with Crippen molar-refractivity contribution in [1.82, 2.24) is 29.5 Å². The van der Waals surface area contributed by atoms with E-state index in [0.29, 0.717) is 35.6 Å². The van der Waals surface area contributed by atoms with Crippen molar-refractivity contribution in [3.05, 3.63) is 102 Å².